The minimum Gasteiger partial charge on any atom is -0.497 e. The summed E-state index contributed by atoms with van der Waals surface area (Å²) >= 11 is 0. The molecule has 0 radical (unpaired) electrons. The molecule has 0 saturated carbocycles. The van der Waals surface area contributed by atoms with E-state index in [1.165, 1.54) is 22.2 Å². The van der Waals surface area contributed by atoms with Crippen LogP contribution in [0.3, 0.4) is 0 Å². The second-order valence-electron chi connectivity index (χ2n) is 7.60. The smallest absolute Gasteiger partial charge is 0.119 e. The summed E-state index contributed by atoms with van der Waals surface area (Å²) in [5.41, 5.74) is 5.12. The Balaban J connectivity index is 0.00000210. The zero-order valence-corrected chi connectivity index (χ0v) is 17.0. The highest BCUT2D eigenvalue weighted by molar-refractivity contribution is 5.85. The van der Waals surface area contributed by atoms with Gasteiger partial charge in [-0.1, -0.05) is 30.3 Å². The number of fused-ring (bicyclic) bond motifs is 2. The van der Waals surface area contributed by atoms with Gasteiger partial charge in [-0.3, -0.25) is 4.98 Å². The standard InChI is InChI=1S/C23H26N2O.ClH/c1-25(2)15-19-12-18-11-17-7-4-5-10-22(17)24-23(18)14-21(19)16-8-6-9-20(13-16)26-3;/h4-11,13,19,21H,12,14-15H2,1-3H3;1H/t19-,21+;/m0./s1. The molecule has 2 atom stereocenters. The van der Waals surface area contributed by atoms with Crippen LogP contribution in [0.4, 0.5) is 0 Å². The first kappa shape index (κ1) is 19.7. The van der Waals surface area contributed by atoms with Crippen molar-refractivity contribution in [3.8, 4) is 5.75 Å². The van der Waals surface area contributed by atoms with Gasteiger partial charge < -0.3 is 9.64 Å². The number of pyridine rings is 1. The van der Waals surface area contributed by atoms with Gasteiger partial charge in [0.25, 0.3) is 0 Å². The summed E-state index contributed by atoms with van der Waals surface area (Å²) in [7, 11) is 6.06. The number of para-hydroxylation sites is 1. The molecule has 0 spiro atoms. The average Bonchev–Trinajstić information content (AvgIpc) is 2.65. The Labute approximate surface area is 167 Å². The van der Waals surface area contributed by atoms with Gasteiger partial charge in [-0.2, -0.15) is 0 Å². The van der Waals surface area contributed by atoms with Crippen molar-refractivity contribution in [2.24, 2.45) is 5.92 Å². The van der Waals surface area contributed by atoms with Crippen LogP contribution in [-0.4, -0.2) is 37.6 Å². The molecule has 0 aliphatic heterocycles. The molecule has 2 aromatic carbocycles. The Morgan fingerprint density at radius 1 is 1.04 bits per heavy atom. The van der Waals surface area contributed by atoms with Gasteiger partial charge in [0, 0.05) is 17.6 Å². The molecule has 1 aliphatic rings. The first-order chi connectivity index (χ1) is 12.6. The first-order valence-electron chi connectivity index (χ1n) is 9.30. The third-order valence-corrected chi connectivity index (χ3v) is 5.48. The normalized spacial score (nSPS) is 18.8. The lowest BCUT2D eigenvalue weighted by Gasteiger charge is -2.35. The van der Waals surface area contributed by atoms with Crippen LogP contribution in [0.25, 0.3) is 10.9 Å². The molecule has 0 unspecified atom stereocenters. The third kappa shape index (κ3) is 4.10. The molecular weight excluding hydrogens is 356 g/mol. The SMILES string of the molecule is COc1cccc([C@H]2Cc3nc4ccccc4cc3C[C@H]2CN(C)C)c1.Cl. The largest absolute Gasteiger partial charge is 0.497 e. The lowest BCUT2D eigenvalue weighted by molar-refractivity contribution is 0.274. The highest BCUT2D eigenvalue weighted by Crippen LogP contribution is 2.38. The maximum atomic E-state index is 5.46. The molecule has 3 nitrogen and oxygen atoms in total. The van der Waals surface area contributed by atoms with Crippen LogP contribution >= 0.6 is 12.4 Å². The van der Waals surface area contributed by atoms with Crippen LogP contribution in [0.1, 0.15) is 22.7 Å². The minimum atomic E-state index is 0. The Hall–Kier alpha value is -2.10. The maximum Gasteiger partial charge on any atom is 0.119 e. The summed E-state index contributed by atoms with van der Waals surface area (Å²) in [6.45, 7) is 1.08. The number of benzene rings is 2. The van der Waals surface area contributed by atoms with Crippen LogP contribution in [0, 0.1) is 5.92 Å². The predicted molar refractivity (Wildman–Crippen MR) is 114 cm³/mol. The van der Waals surface area contributed by atoms with Crippen molar-refractivity contribution >= 4 is 23.3 Å². The van der Waals surface area contributed by atoms with Crippen molar-refractivity contribution in [2.75, 3.05) is 27.7 Å². The van der Waals surface area contributed by atoms with E-state index in [1.807, 2.05) is 6.07 Å². The molecule has 1 aliphatic carbocycles. The van der Waals surface area contributed by atoms with Gasteiger partial charge >= 0.3 is 0 Å². The molecule has 4 rings (SSSR count). The molecule has 3 aromatic rings. The average molecular weight is 383 g/mol. The molecule has 0 bridgehead atoms. The molecule has 0 amide bonds. The van der Waals surface area contributed by atoms with Crippen molar-refractivity contribution in [3.63, 3.8) is 0 Å². The number of hydrogen-bond donors (Lipinski definition) is 0. The van der Waals surface area contributed by atoms with E-state index in [0.717, 1.165) is 30.7 Å². The van der Waals surface area contributed by atoms with E-state index in [9.17, 15) is 0 Å². The van der Waals surface area contributed by atoms with Crippen LogP contribution in [0.15, 0.2) is 54.6 Å². The number of aromatic nitrogens is 1. The molecule has 1 heterocycles. The van der Waals surface area contributed by atoms with Crippen LogP contribution in [0.5, 0.6) is 5.75 Å². The van der Waals surface area contributed by atoms with Crippen LogP contribution < -0.4 is 4.74 Å². The highest BCUT2D eigenvalue weighted by atomic mass is 35.5. The van der Waals surface area contributed by atoms with E-state index in [2.05, 4.69) is 67.5 Å². The second-order valence-corrected chi connectivity index (χ2v) is 7.60. The fraction of sp³-hybridized carbons (Fsp3) is 0.348. The van der Waals surface area contributed by atoms with E-state index in [-0.39, 0.29) is 12.4 Å². The van der Waals surface area contributed by atoms with Crippen LogP contribution in [0.2, 0.25) is 0 Å². The van der Waals surface area contributed by atoms with E-state index in [4.69, 9.17) is 9.72 Å². The zero-order valence-electron chi connectivity index (χ0n) is 16.2. The first-order valence-corrected chi connectivity index (χ1v) is 9.30. The molecule has 0 fully saturated rings. The molecular formula is C23H27ClN2O. The number of methoxy groups -OCH3 is 1. The molecule has 0 N–H and O–H groups in total. The molecule has 4 heteroatoms. The van der Waals surface area contributed by atoms with Crippen molar-refractivity contribution < 1.29 is 4.74 Å². The summed E-state index contributed by atoms with van der Waals surface area (Å²) in [6, 6.07) is 19.3. The zero-order chi connectivity index (χ0) is 18.1. The summed E-state index contributed by atoms with van der Waals surface area (Å²) in [4.78, 5) is 7.31. The molecule has 1 aromatic heterocycles. The number of nitrogens with zero attached hydrogens (tertiary/aromatic N) is 2. The monoisotopic (exact) mass is 382 g/mol. The summed E-state index contributed by atoms with van der Waals surface area (Å²) in [5.74, 6) is 1.98. The Kier molecular flexibility index (Phi) is 6.03. The molecule has 0 saturated heterocycles. The van der Waals surface area contributed by atoms with Crippen molar-refractivity contribution in [1.82, 2.24) is 9.88 Å². The fourth-order valence-corrected chi connectivity index (χ4v) is 4.28. The third-order valence-electron chi connectivity index (χ3n) is 5.48. The van der Waals surface area contributed by atoms with Crippen molar-refractivity contribution in [3.05, 3.63) is 71.4 Å². The van der Waals surface area contributed by atoms with E-state index >= 15 is 0 Å². The van der Waals surface area contributed by atoms with E-state index in [1.54, 1.807) is 7.11 Å². The molecule has 142 valence electrons. The summed E-state index contributed by atoms with van der Waals surface area (Å²) in [5, 5.41) is 1.25. The van der Waals surface area contributed by atoms with Gasteiger partial charge in [-0.05, 0) is 74.2 Å². The fourth-order valence-electron chi connectivity index (χ4n) is 4.28. The van der Waals surface area contributed by atoms with Gasteiger partial charge in [0.2, 0.25) is 0 Å². The van der Waals surface area contributed by atoms with Crippen molar-refractivity contribution in [1.29, 1.82) is 0 Å². The summed E-state index contributed by atoms with van der Waals surface area (Å²) < 4.78 is 5.46. The van der Waals surface area contributed by atoms with Crippen LogP contribution in [-0.2, 0) is 12.8 Å². The van der Waals surface area contributed by atoms with Gasteiger partial charge in [-0.15, -0.1) is 12.4 Å². The number of ether oxygens (including phenoxy) is 1. The Morgan fingerprint density at radius 2 is 1.85 bits per heavy atom. The van der Waals surface area contributed by atoms with Gasteiger partial charge in [0.15, 0.2) is 0 Å². The Morgan fingerprint density at radius 3 is 2.63 bits per heavy atom. The van der Waals surface area contributed by atoms with Gasteiger partial charge in [0.05, 0.1) is 12.6 Å². The predicted octanol–water partition coefficient (Wildman–Crippen LogP) is 4.73. The number of hydrogen-bond acceptors (Lipinski definition) is 3. The van der Waals surface area contributed by atoms with E-state index < -0.39 is 0 Å². The minimum absolute atomic E-state index is 0. The lowest BCUT2D eigenvalue weighted by Crippen LogP contribution is -2.33. The number of rotatable bonds is 4. The van der Waals surface area contributed by atoms with Gasteiger partial charge in [0.1, 0.15) is 5.75 Å². The quantitative estimate of drug-likeness (QED) is 0.652. The highest BCUT2D eigenvalue weighted by Gasteiger charge is 2.31. The van der Waals surface area contributed by atoms with E-state index in [0.29, 0.717) is 11.8 Å². The van der Waals surface area contributed by atoms with Gasteiger partial charge in [-0.25, -0.2) is 0 Å². The maximum absolute atomic E-state index is 5.46. The second kappa shape index (κ2) is 8.28. The molecule has 27 heavy (non-hydrogen) atoms. The van der Waals surface area contributed by atoms with Crippen molar-refractivity contribution in [2.45, 2.75) is 18.8 Å². The Bertz CT molecular complexity index is 925. The lowest BCUT2D eigenvalue weighted by atomic mass is 9.74. The number of halogens is 1. The summed E-state index contributed by atoms with van der Waals surface area (Å²) in [6.07, 6.45) is 2.07. The topological polar surface area (TPSA) is 25.4 Å².